The minimum atomic E-state index is -0.443. The van der Waals surface area contributed by atoms with Gasteiger partial charge < -0.3 is 25.6 Å². The van der Waals surface area contributed by atoms with Crippen LogP contribution in [-0.4, -0.2) is 44.8 Å². The number of aliphatic hydroxyl groups excluding tert-OH is 1. The molecular formula is C25H26ClN7O3. The molecule has 186 valence electrons. The van der Waals surface area contributed by atoms with Crippen LogP contribution in [0.1, 0.15) is 47.6 Å². The van der Waals surface area contributed by atoms with E-state index in [4.69, 9.17) is 16.1 Å². The molecule has 1 atom stereocenters. The summed E-state index contributed by atoms with van der Waals surface area (Å²) in [5.74, 6) is 1.27. The van der Waals surface area contributed by atoms with E-state index in [2.05, 4.69) is 36.1 Å². The smallest absolute Gasteiger partial charge is 0.263 e. The number of anilines is 3. The molecule has 0 aliphatic heterocycles. The largest absolute Gasteiger partial charge is 0.394 e. The van der Waals surface area contributed by atoms with E-state index in [-0.39, 0.29) is 35.3 Å². The summed E-state index contributed by atoms with van der Waals surface area (Å²) in [4.78, 5) is 25.4. The van der Waals surface area contributed by atoms with Crippen LogP contribution < -0.4 is 16.0 Å². The molecule has 0 aliphatic carbocycles. The van der Waals surface area contributed by atoms with Crippen LogP contribution in [0.5, 0.6) is 0 Å². The van der Waals surface area contributed by atoms with Gasteiger partial charge in [-0.15, -0.1) is 0 Å². The Labute approximate surface area is 213 Å². The van der Waals surface area contributed by atoms with Crippen molar-refractivity contribution in [3.8, 4) is 11.5 Å². The van der Waals surface area contributed by atoms with E-state index in [0.29, 0.717) is 28.5 Å². The second-order valence-electron chi connectivity index (χ2n) is 8.26. The van der Waals surface area contributed by atoms with Gasteiger partial charge in [-0.3, -0.25) is 4.79 Å². The third-order valence-corrected chi connectivity index (χ3v) is 5.68. The molecule has 0 radical (unpaired) electrons. The summed E-state index contributed by atoms with van der Waals surface area (Å²) in [5.41, 5.74) is 2.31. The van der Waals surface area contributed by atoms with Crippen molar-refractivity contribution in [2.24, 2.45) is 0 Å². The fraction of sp³-hybridized carbons (Fsp3) is 0.240. The van der Waals surface area contributed by atoms with Gasteiger partial charge in [0, 0.05) is 24.8 Å². The number of hydrogen-bond acceptors (Lipinski definition) is 9. The molecule has 2 aromatic heterocycles. The number of halogens is 1. The molecule has 2 aromatic carbocycles. The zero-order valence-corrected chi connectivity index (χ0v) is 20.7. The van der Waals surface area contributed by atoms with Gasteiger partial charge in [-0.2, -0.15) is 9.97 Å². The average Bonchev–Trinajstić information content (AvgIpc) is 3.38. The van der Waals surface area contributed by atoms with E-state index < -0.39 is 6.04 Å². The van der Waals surface area contributed by atoms with Crippen molar-refractivity contribution in [2.45, 2.75) is 25.8 Å². The second-order valence-corrected chi connectivity index (χ2v) is 8.66. The summed E-state index contributed by atoms with van der Waals surface area (Å²) >= 11 is 6.28. The van der Waals surface area contributed by atoms with Crippen molar-refractivity contribution in [2.75, 3.05) is 24.3 Å². The van der Waals surface area contributed by atoms with E-state index in [1.165, 1.54) is 7.05 Å². The van der Waals surface area contributed by atoms with Gasteiger partial charge in [0.2, 0.25) is 5.95 Å². The Morgan fingerprint density at radius 2 is 1.92 bits per heavy atom. The van der Waals surface area contributed by atoms with E-state index in [9.17, 15) is 9.90 Å². The predicted octanol–water partition coefficient (Wildman–Crippen LogP) is 4.55. The van der Waals surface area contributed by atoms with E-state index in [0.717, 1.165) is 5.56 Å². The summed E-state index contributed by atoms with van der Waals surface area (Å²) < 4.78 is 5.47. The Kier molecular flexibility index (Phi) is 7.77. The monoisotopic (exact) mass is 507 g/mol. The van der Waals surface area contributed by atoms with Crippen molar-refractivity contribution in [3.63, 3.8) is 0 Å². The molecule has 0 saturated heterocycles. The molecule has 4 rings (SSSR count). The molecule has 4 aromatic rings. The highest BCUT2D eigenvalue weighted by Gasteiger charge is 2.21. The van der Waals surface area contributed by atoms with Gasteiger partial charge in [0.1, 0.15) is 11.4 Å². The molecule has 2 heterocycles. The van der Waals surface area contributed by atoms with Crippen molar-refractivity contribution < 1.29 is 14.4 Å². The van der Waals surface area contributed by atoms with Gasteiger partial charge in [0.05, 0.1) is 23.2 Å². The molecule has 0 saturated carbocycles. The highest BCUT2D eigenvalue weighted by Crippen LogP contribution is 2.31. The summed E-state index contributed by atoms with van der Waals surface area (Å²) in [6.07, 6.45) is 1.56. The van der Waals surface area contributed by atoms with Crippen molar-refractivity contribution in [3.05, 3.63) is 76.7 Å². The molecule has 0 aliphatic rings. The number of rotatable bonds is 9. The van der Waals surface area contributed by atoms with E-state index in [1.54, 1.807) is 24.4 Å². The summed E-state index contributed by atoms with van der Waals surface area (Å²) in [5, 5.41) is 23.3. The molecule has 0 spiro atoms. The molecule has 4 N–H and O–H groups in total. The van der Waals surface area contributed by atoms with Crippen LogP contribution in [-0.2, 0) is 0 Å². The van der Waals surface area contributed by atoms with Gasteiger partial charge in [-0.1, -0.05) is 60.9 Å². The lowest BCUT2D eigenvalue weighted by Gasteiger charge is -2.19. The Hall–Kier alpha value is -4.02. The third-order valence-electron chi connectivity index (χ3n) is 5.37. The van der Waals surface area contributed by atoms with Crippen LogP contribution in [0.25, 0.3) is 11.5 Å². The molecule has 11 heteroatoms. The number of hydrogen-bond donors (Lipinski definition) is 4. The average molecular weight is 508 g/mol. The van der Waals surface area contributed by atoms with Crippen molar-refractivity contribution in [1.29, 1.82) is 0 Å². The van der Waals surface area contributed by atoms with Gasteiger partial charge in [-0.05, 0) is 23.8 Å². The molecule has 0 fully saturated rings. The van der Waals surface area contributed by atoms with Gasteiger partial charge in [-0.25, -0.2) is 4.98 Å². The first-order valence-corrected chi connectivity index (χ1v) is 11.7. The maximum Gasteiger partial charge on any atom is 0.263 e. The molecule has 0 unspecified atom stereocenters. The molecule has 10 nitrogen and oxygen atoms in total. The number of nitrogens with one attached hydrogen (secondary N) is 3. The number of amides is 1. The SMILES string of the molecule is CNC(=O)c1ccc(Nc2ncc(-c3nc(C(C)C)no3)c(N[C@H](CO)c3ccccc3)n2)cc1Cl. The minimum absolute atomic E-state index is 0.0813. The van der Waals surface area contributed by atoms with Gasteiger partial charge >= 0.3 is 0 Å². The number of benzene rings is 2. The third kappa shape index (κ3) is 5.61. The fourth-order valence-corrected chi connectivity index (χ4v) is 3.68. The summed E-state index contributed by atoms with van der Waals surface area (Å²) in [7, 11) is 1.54. The molecule has 1 amide bonds. The lowest BCUT2D eigenvalue weighted by atomic mass is 10.1. The van der Waals surface area contributed by atoms with Gasteiger partial charge in [0.15, 0.2) is 5.82 Å². The Morgan fingerprint density at radius 1 is 1.14 bits per heavy atom. The number of aromatic nitrogens is 4. The second kappa shape index (κ2) is 11.1. The Bertz CT molecular complexity index is 1340. The normalized spacial score (nSPS) is 11.8. The Balaban J connectivity index is 1.69. The van der Waals surface area contributed by atoms with Crippen molar-refractivity contribution in [1.82, 2.24) is 25.4 Å². The van der Waals surface area contributed by atoms with Crippen LogP contribution in [0, 0.1) is 0 Å². The maximum atomic E-state index is 11.9. The van der Waals surface area contributed by atoms with Crippen LogP contribution in [0.4, 0.5) is 17.5 Å². The van der Waals surface area contributed by atoms with Crippen LogP contribution in [0.2, 0.25) is 5.02 Å². The zero-order chi connectivity index (χ0) is 25.7. The highest BCUT2D eigenvalue weighted by molar-refractivity contribution is 6.34. The number of carbonyl (C=O) groups excluding carboxylic acids is 1. The topological polar surface area (TPSA) is 138 Å². The summed E-state index contributed by atoms with van der Waals surface area (Å²) in [6.45, 7) is 3.76. The van der Waals surface area contributed by atoms with Crippen LogP contribution in [0.3, 0.4) is 0 Å². The molecular weight excluding hydrogens is 482 g/mol. The minimum Gasteiger partial charge on any atom is -0.394 e. The number of aliphatic hydroxyl groups is 1. The number of carbonyl (C=O) groups is 1. The number of nitrogens with zero attached hydrogens (tertiary/aromatic N) is 4. The van der Waals surface area contributed by atoms with Crippen LogP contribution >= 0.6 is 11.6 Å². The maximum absolute atomic E-state index is 11.9. The lowest BCUT2D eigenvalue weighted by molar-refractivity contribution is 0.0963. The zero-order valence-electron chi connectivity index (χ0n) is 20.0. The predicted molar refractivity (Wildman–Crippen MR) is 137 cm³/mol. The molecule has 0 bridgehead atoms. The fourth-order valence-electron chi connectivity index (χ4n) is 3.41. The lowest BCUT2D eigenvalue weighted by Crippen LogP contribution is -2.18. The van der Waals surface area contributed by atoms with E-state index in [1.807, 2.05) is 44.2 Å². The first-order valence-electron chi connectivity index (χ1n) is 11.3. The van der Waals surface area contributed by atoms with E-state index >= 15 is 0 Å². The quantitative estimate of drug-likeness (QED) is 0.257. The Morgan fingerprint density at radius 3 is 2.56 bits per heavy atom. The molecule has 36 heavy (non-hydrogen) atoms. The van der Waals surface area contributed by atoms with Gasteiger partial charge in [0.25, 0.3) is 11.8 Å². The standard InChI is InChI=1S/C25H26ClN7O3/c1-14(2)21-31-24(36-33-21)18-12-28-25(29-16-9-10-17(19(26)11-16)23(35)27-3)32-22(18)30-20(13-34)15-7-5-4-6-8-15/h4-12,14,20,34H,13H2,1-3H3,(H,27,35)(H2,28,29,30,32)/t20-/m1/s1. The highest BCUT2D eigenvalue weighted by atomic mass is 35.5. The van der Waals surface area contributed by atoms with Crippen LogP contribution in [0.15, 0.2) is 59.3 Å². The first-order chi connectivity index (χ1) is 17.4. The van der Waals surface area contributed by atoms with Crippen molar-refractivity contribution >= 4 is 35.0 Å². The first kappa shape index (κ1) is 25.1. The summed E-state index contributed by atoms with van der Waals surface area (Å²) in [6, 6.07) is 14.0.